The van der Waals surface area contributed by atoms with Crippen molar-refractivity contribution < 1.29 is 4.74 Å². The van der Waals surface area contributed by atoms with Crippen LogP contribution < -0.4 is 10.1 Å². The van der Waals surface area contributed by atoms with E-state index < -0.39 is 0 Å². The highest BCUT2D eigenvalue weighted by molar-refractivity contribution is 14.1. The van der Waals surface area contributed by atoms with Crippen LogP contribution in [0.4, 0.5) is 5.82 Å². The Morgan fingerprint density at radius 2 is 1.73 bits per heavy atom. The van der Waals surface area contributed by atoms with Gasteiger partial charge < -0.3 is 10.1 Å². The summed E-state index contributed by atoms with van der Waals surface area (Å²) in [6.45, 7) is 0.708. The Balaban J connectivity index is 1.65. The molecule has 110 valence electrons. The highest BCUT2D eigenvalue weighted by atomic mass is 127. The van der Waals surface area contributed by atoms with Gasteiger partial charge in [-0.1, -0.05) is 30.3 Å². The van der Waals surface area contributed by atoms with Crippen LogP contribution in [0.3, 0.4) is 0 Å². The van der Waals surface area contributed by atoms with Crippen LogP contribution in [0.15, 0.2) is 72.9 Å². The zero-order valence-corrected chi connectivity index (χ0v) is 14.0. The Hall–Kier alpha value is -2.08. The summed E-state index contributed by atoms with van der Waals surface area (Å²) in [6, 6.07) is 21.9. The minimum Gasteiger partial charge on any atom is -0.457 e. The molecule has 22 heavy (non-hydrogen) atoms. The second-order valence-corrected chi connectivity index (χ2v) is 6.02. The molecule has 3 rings (SSSR count). The number of rotatable bonds is 5. The minimum atomic E-state index is 0.708. The first-order chi connectivity index (χ1) is 10.8. The van der Waals surface area contributed by atoms with Gasteiger partial charge in [0, 0.05) is 16.3 Å². The van der Waals surface area contributed by atoms with Gasteiger partial charge in [-0.3, -0.25) is 0 Å². The van der Waals surface area contributed by atoms with Gasteiger partial charge in [0.2, 0.25) is 0 Å². The molecule has 0 fully saturated rings. The van der Waals surface area contributed by atoms with Crippen molar-refractivity contribution in [2.45, 2.75) is 6.54 Å². The van der Waals surface area contributed by atoms with E-state index in [0.29, 0.717) is 6.54 Å². The van der Waals surface area contributed by atoms with Crippen molar-refractivity contribution in [1.82, 2.24) is 4.98 Å². The maximum atomic E-state index is 5.84. The number of pyridine rings is 1. The zero-order chi connectivity index (χ0) is 15.2. The summed E-state index contributed by atoms with van der Waals surface area (Å²) < 4.78 is 6.97. The normalized spacial score (nSPS) is 10.2. The van der Waals surface area contributed by atoms with Crippen molar-refractivity contribution in [2.75, 3.05) is 5.32 Å². The van der Waals surface area contributed by atoms with Gasteiger partial charge in [0.15, 0.2) is 0 Å². The molecule has 1 N–H and O–H groups in total. The third-order valence-corrected chi connectivity index (χ3v) is 3.72. The molecular weight excluding hydrogens is 387 g/mol. The van der Waals surface area contributed by atoms with E-state index in [9.17, 15) is 0 Å². The molecule has 0 saturated heterocycles. The molecule has 3 nitrogen and oxygen atoms in total. The molecule has 0 saturated carbocycles. The van der Waals surface area contributed by atoms with Crippen molar-refractivity contribution >= 4 is 28.4 Å². The van der Waals surface area contributed by atoms with Gasteiger partial charge in [-0.05, 0) is 64.6 Å². The fourth-order valence-corrected chi connectivity index (χ4v) is 2.34. The SMILES string of the molecule is Ic1ccc(NCc2cccc(Oc3ccccc3)c2)nc1. The minimum absolute atomic E-state index is 0.708. The first-order valence-electron chi connectivity index (χ1n) is 6.97. The van der Waals surface area contributed by atoms with Gasteiger partial charge in [0.25, 0.3) is 0 Å². The molecule has 0 radical (unpaired) electrons. The number of para-hydroxylation sites is 1. The van der Waals surface area contributed by atoms with Gasteiger partial charge in [-0.25, -0.2) is 4.98 Å². The van der Waals surface area contributed by atoms with Crippen LogP contribution in [0.1, 0.15) is 5.56 Å². The lowest BCUT2D eigenvalue weighted by molar-refractivity contribution is 0.482. The number of benzene rings is 2. The molecule has 0 aliphatic carbocycles. The quantitative estimate of drug-likeness (QED) is 0.604. The third kappa shape index (κ3) is 4.21. The van der Waals surface area contributed by atoms with Crippen LogP contribution >= 0.6 is 22.6 Å². The highest BCUT2D eigenvalue weighted by Crippen LogP contribution is 2.22. The second kappa shape index (κ2) is 7.26. The first kappa shape index (κ1) is 14.8. The molecule has 0 aliphatic heterocycles. The molecule has 1 heterocycles. The Morgan fingerprint density at radius 3 is 2.50 bits per heavy atom. The van der Waals surface area contributed by atoms with Crippen molar-refractivity contribution in [1.29, 1.82) is 0 Å². The smallest absolute Gasteiger partial charge is 0.127 e. The monoisotopic (exact) mass is 402 g/mol. The summed E-state index contributed by atoms with van der Waals surface area (Å²) >= 11 is 2.24. The predicted octanol–water partition coefficient (Wildman–Crippen LogP) is 5.09. The zero-order valence-electron chi connectivity index (χ0n) is 11.9. The first-order valence-corrected chi connectivity index (χ1v) is 8.05. The van der Waals surface area contributed by atoms with Crippen LogP contribution in [0.2, 0.25) is 0 Å². The van der Waals surface area contributed by atoms with Gasteiger partial charge in [0.05, 0.1) is 0 Å². The highest BCUT2D eigenvalue weighted by Gasteiger charge is 2.00. The summed E-state index contributed by atoms with van der Waals surface area (Å²) in [5.41, 5.74) is 1.15. The van der Waals surface area contributed by atoms with Crippen LogP contribution in [-0.2, 0) is 6.54 Å². The number of nitrogens with one attached hydrogen (secondary N) is 1. The second-order valence-electron chi connectivity index (χ2n) is 4.78. The van der Waals surface area contributed by atoms with E-state index in [1.165, 1.54) is 0 Å². The number of hydrogen-bond acceptors (Lipinski definition) is 3. The fraction of sp³-hybridized carbons (Fsp3) is 0.0556. The van der Waals surface area contributed by atoms with E-state index in [0.717, 1.165) is 26.5 Å². The third-order valence-electron chi connectivity index (χ3n) is 3.08. The van der Waals surface area contributed by atoms with Crippen molar-refractivity contribution in [3.63, 3.8) is 0 Å². The lowest BCUT2D eigenvalue weighted by atomic mass is 10.2. The fourth-order valence-electron chi connectivity index (χ4n) is 2.02. The van der Waals surface area contributed by atoms with Gasteiger partial charge >= 0.3 is 0 Å². The summed E-state index contributed by atoms with van der Waals surface area (Å²) in [7, 11) is 0. The molecule has 0 amide bonds. The number of halogens is 1. The van der Waals surface area contributed by atoms with Crippen LogP contribution in [-0.4, -0.2) is 4.98 Å². The Bertz CT molecular complexity index is 730. The average molecular weight is 402 g/mol. The molecule has 0 unspecified atom stereocenters. The van der Waals surface area contributed by atoms with E-state index in [1.54, 1.807) is 0 Å². The predicted molar refractivity (Wildman–Crippen MR) is 97.2 cm³/mol. The molecule has 4 heteroatoms. The lowest BCUT2D eigenvalue weighted by Gasteiger charge is -2.09. The van der Waals surface area contributed by atoms with Gasteiger partial charge in [-0.15, -0.1) is 0 Å². The summed E-state index contributed by atoms with van der Waals surface area (Å²) in [4.78, 5) is 4.33. The van der Waals surface area contributed by atoms with Crippen LogP contribution in [0.5, 0.6) is 11.5 Å². The van der Waals surface area contributed by atoms with Crippen molar-refractivity contribution in [2.24, 2.45) is 0 Å². The van der Waals surface area contributed by atoms with E-state index in [4.69, 9.17) is 4.74 Å². The number of nitrogens with zero attached hydrogens (tertiary/aromatic N) is 1. The maximum absolute atomic E-state index is 5.84. The maximum Gasteiger partial charge on any atom is 0.127 e. The standard InChI is InChI=1S/C18H15IN2O/c19-15-9-10-18(21-13-15)20-12-14-5-4-8-17(11-14)22-16-6-2-1-3-7-16/h1-11,13H,12H2,(H,20,21). The Labute approximate surface area is 143 Å². The topological polar surface area (TPSA) is 34.1 Å². The summed E-state index contributed by atoms with van der Waals surface area (Å²) in [6.07, 6.45) is 1.85. The molecule has 3 aromatic rings. The largest absolute Gasteiger partial charge is 0.457 e. The van der Waals surface area contributed by atoms with Gasteiger partial charge in [-0.2, -0.15) is 0 Å². The van der Waals surface area contributed by atoms with E-state index in [-0.39, 0.29) is 0 Å². The number of hydrogen-bond donors (Lipinski definition) is 1. The number of ether oxygens (including phenoxy) is 1. The summed E-state index contributed by atoms with van der Waals surface area (Å²) in [5.74, 6) is 2.54. The molecule has 0 aliphatic rings. The van der Waals surface area contributed by atoms with Crippen LogP contribution in [0, 0.1) is 3.57 Å². The summed E-state index contributed by atoms with van der Waals surface area (Å²) in [5, 5.41) is 3.31. The average Bonchev–Trinajstić information content (AvgIpc) is 2.56. The number of anilines is 1. The van der Waals surface area contributed by atoms with E-state index in [1.807, 2.05) is 66.9 Å². The Kier molecular flexibility index (Phi) is 4.90. The molecule has 2 aromatic carbocycles. The van der Waals surface area contributed by atoms with E-state index >= 15 is 0 Å². The molecular formula is C18H15IN2O. The molecule has 1 aromatic heterocycles. The number of aromatic nitrogens is 1. The Morgan fingerprint density at radius 1 is 0.909 bits per heavy atom. The lowest BCUT2D eigenvalue weighted by Crippen LogP contribution is -2.01. The molecule has 0 atom stereocenters. The van der Waals surface area contributed by atoms with Crippen molar-refractivity contribution in [3.8, 4) is 11.5 Å². The molecule has 0 spiro atoms. The van der Waals surface area contributed by atoms with Crippen LogP contribution in [0.25, 0.3) is 0 Å². The van der Waals surface area contributed by atoms with Gasteiger partial charge in [0.1, 0.15) is 17.3 Å². The van der Waals surface area contributed by atoms with Crippen molar-refractivity contribution in [3.05, 3.63) is 82.1 Å². The molecule has 0 bridgehead atoms. The van der Waals surface area contributed by atoms with E-state index in [2.05, 4.69) is 39.0 Å².